The molecule has 1 N–H and O–H groups in total. The van der Waals surface area contributed by atoms with E-state index in [9.17, 15) is 4.79 Å². The molecular formula is C9H13LiN2O2. The maximum absolute atomic E-state index is 10.6. The van der Waals surface area contributed by atoms with Crippen LogP contribution in [0.15, 0.2) is 12.3 Å². The normalized spacial score (nSPS) is 10.5. The number of hydrogen-bond donors (Lipinski definition) is 1. The fraction of sp³-hybridized carbons (Fsp3) is 0.444. The Labute approximate surface area is 96.4 Å². The van der Waals surface area contributed by atoms with Crippen LogP contribution in [0.3, 0.4) is 0 Å². The van der Waals surface area contributed by atoms with Crippen molar-refractivity contribution in [3.05, 3.63) is 23.8 Å². The summed E-state index contributed by atoms with van der Waals surface area (Å²) in [6.07, 6.45) is 1.47. The SMILES string of the molecule is CC(C)(C)c1nccc(C(=O)O)n1.[H-].[Li+]. The van der Waals surface area contributed by atoms with Crippen molar-refractivity contribution in [2.45, 2.75) is 26.2 Å². The summed E-state index contributed by atoms with van der Waals surface area (Å²) in [5, 5.41) is 8.68. The molecule has 0 bridgehead atoms. The molecule has 0 aliphatic carbocycles. The zero-order valence-electron chi connectivity index (χ0n) is 9.90. The minimum atomic E-state index is -1.02. The van der Waals surface area contributed by atoms with Crippen LogP contribution in [0.25, 0.3) is 0 Å². The summed E-state index contributed by atoms with van der Waals surface area (Å²) in [5.41, 5.74) is -0.175. The molecular weight excluding hydrogens is 175 g/mol. The molecule has 1 aromatic rings. The van der Waals surface area contributed by atoms with Gasteiger partial charge in [0.1, 0.15) is 5.82 Å². The number of aromatic carboxylic acids is 1. The molecule has 1 aromatic heterocycles. The van der Waals surface area contributed by atoms with Gasteiger partial charge in [0.25, 0.3) is 0 Å². The molecule has 1 heterocycles. The van der Waals surface area contributed by atoms with Crippen molar-refractivity contribution < 1.29 is 30.2 Å². The minimum Gasteiger partial charge on any atom is -1.00 e. The van der Waals surface area contributed by atoms with Crippen LogP contribution in [-0.2, 0) is 5.41 Å². The molecule has 0 unspecified atom stereocenters. The van der Waals surface area contributed by atoms with E-state index in [1.54, 1.807) is 0 Å². The average molecular weight is 188 g/mol. The Morgan fingerprint density at radius 1 is 1.50 bits per heavy atom. The minimum absolute atomic E-state index is 0. The molecule has 0 aliphatic heterocycles. The van der Waals surface area contributed by atoms with Gasteiger partial charge in [-0.05, 0) is 6.07 Å². The van der Waals surface area contributed by atoms with Crippen molar-refractivity contribution in [3.63, 3.8) is 0 Å². The molecule has 0 saturated heterocycles. The predicted octanol–water partition coefficient (Wildman–Crippen LogP) is -1.41. The average Bonchev–Trinajstić information content (AvgIpc) is 2.03. The Hall–Kier alpha value is -0.853. The van der Waals surface area contributed by atoms with Crippen molar-refractivity contribution in [1.82, 2.24) is 9.97 Å². The number of carboxylic acids is 1. The monoisotopic (exact) mass is 188 g/mol. The summed E-state index contributed by atoms with van der Waals surface area (Å²) in [7, 11) is 0. The summed E-state index contributed by atoms with van der Waals surface area (Å²) in [5.74, 6) is -0.472. The fourth-order valence-electron chi connectivity index (χ4n) is 0.839. The van der Waals surface area contributed by atoms with Gasteiger partial charge in [0.2, 0.25) is 0 Å². The van der Waals surface area contributed by atoms with E-state index in [0.29, 0.717) is 5.82 Å². The van der Waals surface area contributed by atoms with Gasteiger partial charge in [0.15, 0.2) is 5.69 Å². The van der Waals surface area contributed by atoms with Crippen LogP contribution in [0.1, 0.15) is 38.5 Å². The Morgan fingerprint density at radius 3 is 2.50 bits per heavy atom. The number of rotatable bonds is 1. The third-order valence-electron chi connectivity index (χ3n) is 1.55. The Morgan fingerprint density at radius 2 is 2.07 bits per heavy atom. The van der Waals surface area contributed by atoms with Crippen molar-refractivity contribution in [2.24, 2.45) is 0 Å². The van der Waals surface area contributed by atoms with E-state index in [-0.39, 0.29) is 31.4 Å². The van der Waals surface area contributed by atoms with E-state index in [0.717, 1.165) is 0 Å². The second-order valence-corrected chi connectivity index (χ2v) is 3.82. The molecule has 0 aliphatic rings. The van der Waals surface area contributed by atoms with E-state index in [1.165, 1.54) is 12.3 Å². The van der Waals surface area contributed by atoms with Crippen molar-refractivity contribution in [1.29, 1.82) is 0 Å². The topological polar surface area (TPSA) is 63.1 Å². The third kappa shape index (κ3) is 3.13. The number of nitrogens with zero attached hydrogens (tertiary/aromatic N) is 2. The molecule has 0 atom stereocenters. The molecule has 5 heteroatoms. The standard InChI is InChI=1S/C9H12N2O2.Li.H/c1-9(2,3)8-10-5-4-6(11-8)7(12)13;;/h4-5H,1-3H3,(H,12,13);;/q;+1;-1. The Bertz CT molecular complexity index is 339. The van der Waals surface area contributed by atoms with Crippen LogP contribution in [0, 0.1) is 0 Å². The van der Waals surface area contributed by atoms with E-state index in [2.05, 4.69) is 9.97 Å². The molecule has 0 fully saturated rings. The number of hydrogen-bond acceptors (Lipinski definition) is 3. The zero-order chi connectivity index (χ0) is 10.1. The Balaban J connectivity index is 0. The van der Waals surface area contributed by atoms with Gasteiger partial charge in [-0.3, -0.25) is 0 Å². The molecule has 0 amide bonds. The van der Waals surface area contributed by atoms with Crippen LogP contribution in [0.5, 0.6) is 0 Å². The van der Waals surface area contributed by atoms with Crippen molar-refractivity contribution >= 4 is 5.97 Å². The van der Waals surface area contributed by atoms with Crippen LogP contribution < -0.4 is 18.9 Å². The third-order valence-corrected chi connectivity index (χ3v) is 1.55. The van der Waals surface area contributed by atoms with Gasteiger partial charge in [-0.25, -0.2) is 14.8 Å². The molecule has 0 aromatic carbocycles. The molecule has 0 saturated carbocycles. The van der Waals surface area contributed by atoms with Crippen LogP contribution >= 0.6 is 0 Å². The number of carbonyl (C=O) groups is 1. The zero-order valence-corrected chi connectivity index (χ0v) is 8.90. The van der Waals surface area contributed by atoms with E-state index in [1.807, 2.05) is 20.8 Å². The summed E-state index contributed by atoms with van der Waals surface area (Å²) < 4.78 is 0. The molecule has 0 radical (unpaired) electrons. The first-order chi connectivity index (χ1) is 5.91. The van der Waals surface area contributed by atoms with E-state index in [4.69, 9.17) is 5.11 Å². The smallest absolute Gasteiger partial charge is 1.00 e. The maximum atomic E-state index is 10.6. The van der Waals surface area contributed by atoms with Gasteiger partial charge in [-0.15, -0.1) is 0 Å². The molecule has 0 spiro atoms. The summed E-state index contributed by atoms with van der Waals surface area (Å²) in [6.45, 7) is 5.82. The predicted molar refractivity (Wildman–Crippen MR) is 48.8 cm³/mol. The van der Waals surface area contributed by atoms with Gasteiger partial charge < -0.3 is 6.53 Å². The molecule has 1 rings (SSSR count). The maximum Gasteiger partial charge on any atom is 1.00 e. The van der Waals surface area contributed by atoms with Gasteiger partial charge in [0.05, 0.1) is 0 Å². The second-order valence-electron chi connectivity index (χ2n) is 3.82. The van der Waals surface area contributed by atoms with Crippen LogP contribution in [-0.4, -0.2) is 21.0 Å². The first-order valence-electron chi connectivity index (χ1n) is 3.98. The molecule has 72 valence electrons. The van der Waals surface area contributed by atoms with Gasteiger partial charge in [-0.1, -0.05) is 20.8 Å². The largest absolute Gasteiger partial charge is 1.00 e. The van der Waals surface area contributed by atoms with Gasteiger partial charge in [0, 0.05) is 11.6 Å². The van der Waals surface area contributed by atoms with Crippen molar-refractivity contribution in [2.75, 3.05) is 0 Å². The van der Waals surface area contributed by atoms with E-state index >= 15 is 0 Å². The number of carboxylic acid groups (broad SMARTS) is 1. The fourth-order valence-corrected chi connectivity index (χ4v) is 0.839. The quantitative estimate of drug-likeness (QED) is 0.550. The van der Waals surface area contributed by atoms with Gasteiger partial charge >= 0.3 is 24.8 Å². The summed E-state index contributed by atoms with van der Waals surface area (Å²) >= 11 is 0. The molecule has 14 heavy (non-hydrogen) atoms. The Kier molecular flexibility index (Phi) is 4.30. The summed E-state index contributed by atoms with van der Waals surface area (Å²) in [4.78, 5) is 18.5. The first-order valence-corrected chi connectivity index (χ1v) is 3.98. The number of aromatic nitrogens is 2. The van der Waals surface area contributed by atoms with Crippen LogP contribution in [0.4, 0.5) is 0 Å². The van der Waals surface area contributed by atoms with Crippen LogP contribution in [0.2, 0.25) is 0 Å². The summed E-state index contributed by atoms with van der Waals surface area (Å²) in [6, 6.07) is 1.39. The second kappa shape index (κ2) is 4.58. The van der Waals surface area contributed by atoms with Crippen molar-refractivity contribution in [3.8, 4) is 0 Å². The van der Waals surface area contributed by atoms with E-state index < -0.39 is 5.97 Å². The van der Waals surface area contributed by atoms with Gasteiger partial charge in [-0.2, -0.15) is 0 Å². The first kappa shape index (κ1) is 13.1. The molecule has 4 nitrogen and oxygen atoms in total.